The van der Waals surface area contributed by atoms with E-state index in [0.29, 0.717) is 6.42 Å². The van der Waals surface area contributed by atoms with Crippen molar-refractivity contribution in [1.82, 2.24) is 5.32 Å². The van der Waals surface area contributed by atoms with Crippen molar-refractivity contribution in [1.29, 1.82) is 0 Å². The van der Waals surface area contributed by atoms with Gasteiger partial charge in [0.1, 0.15) is 6.10 Å². The summed E-state index contributed by atoms with van der Waals surface area (Å²) in [5, 5.41) is 12.0. The molecule has 12 heavy (non-hydrogen) atoms. The number of amides is 1. The number of carbonyl (C=O) groups is 1. The molecule has 1 saturated heterocycles. The molecule has 0 radical (unpaired) electrons. The van der Waals surface area contributed by atoms with Gasteiger partial charge in [-0.15, -0.1) is 6.58 Å². The fraction of sp³-hybridized carbons (Fsp3) is 0.625. The van der Waals surface area contributed by atoms with Crippen LogP contribution in [0.3, 0.4) is 0 Å². The third-order valence-corrected chi connectivity index (χ3v) is 1.91. The van der Waals surface area contributed by atoms with E-state index < -0.39 is 12.2 Å². The fourth-order valence-electron chi connectivity index (χ4n) is 1.26. The van der Waals surface area contributed by atoms with E-state index in [9.17, 15) is 9.90 Å². The molecule has 0 aromatic rings. The van der Waals surface area contributed by atoms with Crippen molar-refractivity contribution in [3.63, 3.8) is 0 Å². The Morgan fingerprint density at radius 1 is 1.92 bits per heavy atom. The van der Waals surface area contributed by atoms with Crippen LogP contribution in [0.15, 0.2) is 12.7 Å². The number of aliphatic hydroxyl groups is 1. The molecule has 0 saturated carbocycles. The summed E-state index contributed by atoms with van der Waals surface area (Å²) >= 11 is 0. The normalized spacial score (nSPS) is 30.7. The molecular weight excluding hydrogens is 158 g/mol. The summed E-state index contributed by atoms with van der Waals surface area (Å²) in [6, 6.07) is -0.310. The molecule has 1 fully saturated rings. The van der Waals surface area contributed by atoms with Gasteiger partial charge in [-0.1, -0.05) is 6.08 Å². The first-order valence-electron chi connectivity index (χ1n) is 3.91. The Morgan fingerprint density at radius 3 is 3.00 bits per heavy atom. The van der Waals surface area contributed by atoms with Crippen LogP contribution in [0.1, 0.15) is 13.3 Å². The minimum Gasteiger partial charge on any atom is -0.444 e. The Morgan fingerprint density at radius 2 is 2.58 bits per heavy atom. The van der Waals surface area contributed by atoms with Gasteiger partial charge in [0.05, 0.1) is 12.1 Å². The quantitative estimate of drug-likeness (QED) is 0.605. The van der Waals surface area contributed by atoms with Gasteiger partial charge in [-0.3, -0.25) is 0 Å². The minimum atomic E-state index is -0.607. The molecule has 2 N–H and O–H groups in total. The number of rotatable bonds is 3. The Kier molecular flexibility index (Phi) is 2.70. The summed E-state index contributed by atoms with van der Waals surface area (Å²) in [5.41, 5.74) is 0. The molecule has 0 bridgehead atoms. The Bertz CT molecular complexity index is 193. The van der Waals surface area contributed by atoms with Crippen molar-refractivity contribution < 1.29 is 14.6 Å². The summed E-state index contributed by atoms with van der Waals surface area (Å²) in [6.45, 7) is 5.25. The smallest absolute Gasteiger partial charge is 0.407 e. The zero-order valence-electron chi connectivity index (χ0n) is 6.99. The Balaban J connectivity index is 2.51. The van der Waals surface area contributed by atoms with Gasteiger partial charge in [0, 0.05) is 0 Å². The van der Waals surface area contributed by atoms with Crippen LogP contribution in [0.5, 0.6) is 0 Å². The number of cyclic esters (lactones) is 1. The van der Waals surface area contributed by atoms with Crippen LogP contribution in [-0.2, 0) is 4.74 Å². The molecule has 3 unspecified atom stereocenters. The molecule has 1 rings (SSSR count). The fourth-order valence-corrected chi connectivity index (χ4v) is 1.26. The highest BCUT2D eigenvalue weighted by molar-refractivity contribution is 5.70. The Labute approximate surface area is 71.2 Å². The maximum absolute atomic E-state index is 10.7. The molecule has 4 heteroatoms. The summed E-state index contributed by atoms with van der Waals surface area (Å²) in [6.07, 6.45) is 0.729. The van der Waals surface area contributed by atoms with Crippen LogP contribution in [0.25, 0.3) is 0 Å². The van der Waals surface area contributed by atoms with E-state index in [-0.39, 0.29) is 12.1 Å². The summed E-state index contributed by atoms with van der Waals surface area (Å²) in [7, 11) is 0. The van der Waals surface area contributed by atoms with Crippen molar-refractivity contribution in [2.75, 3.05) is 0 Å². The molecule has 3 atom stereocenters. The predicted octanol–water partition coefficient (Wildman–Crippen LogP) is 0.420. The van der Waals surface area contributed by atoms with Crippen LogP contribution in [-0.4, -0.2) is 29.4 Å². The number of carbonyl (C=O) groups excluding carboxylic acids is 1. The summed E-state index contributed by atoms with van der Waals surface area (Å²) in [5.74, 6) is 0. The van der Waals surface area contributed by atoms with Crippen molar-refractivity contribution >= 4 is 6.09 Å². The van der Waals surface area contributed by atoms with Crippen molar-refractivity contribution in [2.45, 2.75) is 31.6 Å². The number of alkyl carbamates (subject to hydrolysis) is 1. The van der Waals surface area contributed by atoms with E-state index in [1.165, 1.54) is 0 Å². The van der Waals surface area contributed by atoms with Gasteiger partial charge < -0.3 is 15.2 Å². The number of ether oxygens (including phenoxy) is 1. The predicted molar refractivity (Wildman–Crippen MR) is 43.7 cm³/mol. The van der Waals surface area contributed by atoms with Crippen molar-refractivity contribution in [3.05, 3.63) is 12.7 Å². The average molecular weight is 171 g/mol. The highest BCUT2D eigenvalue weighted by atomic mass is 16.6. The lowest BCUT2D eigenvalue weighted by molar-refractivity contribution is 0.0888. The van der Waals surface area contributed by atoms with Gasteiger partial charge in [0.25, 0.3) is 0 Å². The number of hydrogen-bond donors (Lipinski definition) is 2. The first-order chi connectivity index (χ1) is 5.65. The second-order valence-electron chi connectivity index (χ2n) is 2.87. The van der Waals surface area contributed by atoms with E-state index in [1.807, 2.05) is 0 Å². The second kappa shape index (κ2) is 3.58. The third-order valence-electron chi connectivity index (χ3n) is 1.91. The average Bonchev–Trinajstić information content (AvgIpc) is 2.30. The SMILES string of the molecule is C=CCC(O)C1NC(=O)OC1C. The van der Waals surface area contributed by atoms with Gasteiger partial charge in [0.15, 0.2) is 0 Å². The van der Waals surface area contributed by atoms with Gasteiger partial charge in [-0.05, 0) is 13.3 Å². The monoisotopic (exact) mass is 171 g/mol. The molecule has 1 amide bonds. The largest absolute Gasteiger partial charge is 0.444 e. The highest BCUT2D eigenvalue weighted by Crippen LogP contribution is 2.13. The van der Waals surface area contributed by atoms with Gasteiger partial charge >= 0.3 is 6.09 Å². The number of aliphatic hydroxyl groups excluding tert-OH is 1. The maximum atomic E-state index is 10.7. The minimum absolute atomic E-state index is 0.271. The van der Waals surface area contributed by atoms with Crippen LogP contribution >= 0.6 is 0 Å². The van der Waals surface area contributed by atoms with Crippen molar-refractivity contribution in [3.8, 4) is 0 Å². The summed E-state index contributed by atoms with van der Waals surface area (Å²) < 4.78 is 4.80. The Hall–Kier alpha value is -1.03. The lowest BCUT2D eigenvalue weighted by Crippen LogP contribution is -2.41. The van der Waals surface area contributed by atoms with Crippen LogP contribution in [0.4, 0.5) is 4.79 Å². The molecule has 1 heterocycles. The van der Waals surface area contributed by atoms with E-state index in [2.05, 4.69) is 11.9 Å². The van der Waals surface area contributed by atoms with Crippen LogP contribution in [0, 0.1) is 0 Å². The van der Waals surface area contributed by atoms with E-state index in [0.717, 1.165) is 0 Å². The topological polar surface area (TPSA) is 58.6 Å². The van der Waals surface area contributed by atoms with E-state index in [4.69, 9.17) is 4.74 Å². The van der Waals surface area contributed by atoms with Gasteiger partial charge in [0.2, 0.25) is 0 Å². The molecule has 4 nitrogen and oxygen atoms in total. The molecule has 0 spiro atoms. The standard InChI is InChI=1S/C8H13NO3/c1-3-4-6(10)7-5(2)12-8(11)9-7/h3,5-7,10H,1,4H2,2H3,(H,9,11). The first-order valence-corrected chi connectivity index (χ1v) is 3.91. The molecule has 0 aromatic heterocycles. The van der Waals surface area contributed by atoms with Crippen LogP contribution in [0.2, 0.25) is 0 Å². The first kappa shape index (κ1) is 9.06. The molecule has 68 valence electrons. The lowest BCUT2D eigenvalue weighted by Gasteiger charge is -2.17. The third kappa shape index (κ3) is 1.76. The maximum Gasteiger partial charge on any atom is 0.407 e. The molecular formula is C8H13NO3. The zero-order chi connectivity index (χ0) is 9.14. The van der Waals surface area contributed by atoms with Gasteiger partial charge in [-0.2, -0.15) is 0 Å². The number of hydrogen-bond acceptors (Lipinski definition) is 3. The highest BCUT2D eigenvalue weighted by Gasteiger charge is 2.34. The van der Waals surface area contributed by atoms with Crippen LogP contribution < -0.4 is 5.32 Å². The van der Waals surface area contributed by atoms with Crippen molar-refractivity contribution in [2.24, 2.45) is 0 Å². The van der Waals surface area contributed by atoms with E-state index in [1.54, 1.807) is 13.0 Å². The van der Waals surface area contributed by atoms with E-state index >= 15 is 0 Å². The van der Waals surface area contributed by atoms with Gasteiger partial charge in [-0.25, -0.2) is 4.79 Å². The summed E-state index contributed by atoms with van der Waals surface area (Å²) in [4.78, 5) is 10.7. The molecule has 0 aliphatic carbocycles. The number of nitrogens with one attached hydrogen (secondary N) is 1. The molecule has 1 aliphatic rings. The zero-order valence-corrected chi connectivity index (χ0v) is 6.99. The molecule has 0 aromatic carbocycles. The lowest BCUT2D eigenvalue weighted by atomic mass is 10.0. The molecule has 1 aliphatic heterocycles. The second-order valence-corrected chi connectivity index (χ2v) is 2.87.